The Morgan fingerprint density at radius 3 is 3.00 bits per heavy atom. The van der Waals surface area contributed by atoms with Crippen LogP contribution in [-0.4, -0.2) is 36.9 Å². The van der Waals surface area contributed by atoms with E-state index in [4.69, 9.17) is 0 Å². The molecule has 0 unspecified atom stereocenters. The van der Waals surface area contributed by atoms with Gasteiger partial charge in [-0.1, -0.05) is 0 Å². The SMILES string of the molecule is COC(=O)C1=CN2CC[C@@H]1C(=O)C2. The number of hydrogen-bond donors (Lipinski definition) is 0. The second-order valence-electron chi connectivity index (χ2n) is 3.35. The van der Waals surface area contributed by atoms with Gasteiger partial charge >= 0.3 is 5.97 Å². The molecule has 0 aliphatic carbocycles. The standard InChI is InChI=1S/C9H11NO3/c1-13-9(12)7-4-10-3-2-6(7)8(11)5-10/h4,6H,2-3,5H2,1H3/t6-/m0/s1. The molecular formula is C9H11NO3. The zero-order chi connectivity index (χ0) is 9.42. The number of ether oxygens (including phenoxy) is 1. The summed E-state index contributed by atoms with van der Waals surface area (Å²) in [5.74, 6) is -0.450. The van der Waals surface area contributed by atoms with Gasteiger partial charge in [-0.3, -0.25) is 4.79 Å². The number of rotatable bonds is 1. The molecule has 0 radical (unpaired) electrons. The van der Waals surface area contributed by atoms with Crippen molar-refractivity contribution in [1.82, 2.24) is 4.90 Å². The lowest BCUT2D eigenvalue weighted by Gasteiger charge is -2.36. The molecule has 1 saturated heterocycles. The fraction of sp³-hybridized carbons (Fsp3) is 0.556. The number of Topliss-reactive ketones (excluding diaryl/α,β-unsaturated/α-hetero) is 1. The van der Waals surface area contributed by atoms with Crippen LogP contribution < -0.4 is 0 Å². The molecule has 3 rings (SSSR count). The van der Waals surface area contributed by atoms with Crippen molar-refractivity contribution in [2.24, 2.45) is 5.92 Å². The van der Waals surface area contributed by atoms with Crippen LogP contribution in [0, 0.1) is 5.92 Å². The molecule has 4 nitrogen and oxygen atoms in total. The third kappa shape index (κ3) is 1.22. The van der Waals surface area contributed by atoms with Gasteiger partial charge in [0.25, 0.3) is 0 Å². The van der Waals surface area contributed by atoms with E-state index >= 15 is 0 Å². The number of esters is 1. The number of carbonyl (C=O) groups excluding carboxylic acids is 2. The van der Waals surface area contributed by atoms with Gasteiger partial charge in [-0.15, -0.1) is 0 Å². The Labute approximate surface area is 76.2 Å². The second-order valence-corrected chi connectivity index (χ2v) is 3.35. The zero-order valence-corrected chi connectivity index (χ0v) is 7.45. The van der Waals surface area contributed by atoms with Crippen LogP contribution in [-0.2, 0) is 14.3 Å². The third-order valence-corrected chi connectivity index (χ3v) is 2.57. The summed E-state index contributed by atoms with van der Waals surface area (Å²) in [6.07, 6.45) is 2.50. The lowest BCUT2D eigenvalue weighted by Crippen LogP contribution is -2.45. The minimum atomic E-state index is -0.372. The minimum absolute atomic E-state index is 0.133. The molecule has 3 heterocycles. The summed E-state index contributed by atoms with van der Waals surface area (Å²) in [4.78, 5) is 24.5. The van der Waals surface area contributed by atoms with Crippen molar-refractivity contribution in [3.63, 3.8) is 0 Å². The van der Waals surface area contributed by atoms with Crippen LogP contribution in [0.3, 0.4) is 0 Å². The van der Waals surface area contributed by atoms with E-state index in [1.165, 1.54) is 7.11 Å². The lowest BCUT2D eigenvalue weighted by atomic mass is 9.85. The zero-order valence-electron chi connectivity index (χ0n) is 7.45. The fourth-order valence-electron chi connectivity index (χ4n) is 1.88. The van der Waals surface area contributed by atoms with E-state index in [9.17, 15) is 9.59 Å². The number of methoxy groups -OCH3 is 1. The van der Waals surface area contributed by atoms with Crippen LogP contribution in [0.15, 0.2) is 11.8 Å². The largest absolute Gasteiger partial charge is 0.466 e. The number of carbonyl (C=O) groups is 2. The summed E-state index contributed by atoms with van der Waals surface area (Å²) in [5, 5.41) is 0. The minimum Gasteiger partial charge on any atom is -0.466 e. The lowest BCUT2D eigenvalue weighted by molar-refractivity contribution is -0.140. The fourth-order valence-corrected chi connectivity index (χ4v) is 1.88. The molecule has 0 saturated carbocycles. The van der Waals surface area contributed by atoms with E-state index in [-0.39, 0.29) is 17.7 Å². The second kappa shape index (κ2) is 2.87. The van der Waals surface area contributed by atoms with E-state index in [1.807, 2.05) is 4.90 Å². The first kappa shape index (κ1) is 8.29. The molecule has 3 aliphatic heterocycles. The van der Waals surface area contributed by atoms with Crippen molar-refractivity contribution in [3.05, 3.63) is 11.8 Å². The maximum Gasteiger partial charge on any atom is 0.335 e. The summed E-state index contributed by atoms with van der Waals surface area (Å²) in [5.41, 5.74) is 0.519. The van der Waals surface area contributed by atoms with E-state index in [0.29, 0.717) is 12.1 Å². The molecule has 1 atom stereocenters. The summed E-state index contributed by atoms with van der Waals surface area (Å²) < 4.78 is 4.60. The quantitative estimate of drug-likeness (QED) is 0.532. The van der Waals surface area contributed by atoms with E-state index in [2.05, 4.69) is 4.74 Å². The Morgan fingerprint density at radius 1 is 1.69 bits per heavy atom. The van der Waals surface area contributed by atoms with E-state index < -0.39 is 0 Å². The smallest absolute Gasteiger partial charge is 0.335 e. The summed E-state index contributed by atoms with van der Waals surface area (Å²) in [6.45, 7) is 1.32. The molecule has 0 aromatic carbocycles. The van der Waals surface area contributed by atoms with Gasteiger partial charge in [0.15, 0.2) is 5.78 Å². The topological polar surface area (TPSA) is 46.6 Å². The predicted octanol–water partition coefficient (Wildman–Crippen LogP) is -0.0521. The highest BCUT2D eigenvalue weighted by Gasteiger charge is 2.37. The van der Waals surface area contributed by atoms with Crippen molar-refractivity contribution in [2.45, 2.75) is 6.42 Å². The highest BCUT2D eigenvalue weighted by Crippen LogP contribution is 2.29. The van der Waals surface area contributed by atoms with Crippen LogP contribution in [0.2, 0.25) is 0 Å². The Balaban J connectivity index is 2.29. The van der Waals surface area contributed by atoms with Crippen molar-refractivity contribution in [3.8, 4) is 0 Å². The van der Waals surface area contributed by atoms with Gasteiger partial charge in [0.1, 0.15) is 0 Å². The highest BCUT2D eigenvalue weighted by molar-refractivity contribution is 6.00. The molecule has 2 bridgehead atoms. The van der Waals surface area contributed by atoms with Crippen molar-refractivity contribution >= 4 is 11.8 Å². The molecule has 0 amide bonds. The summed E-state index contributed by atoms with van der Waals surface area (Å²) in [7, 11) is 1.34. The monoisotopic (exact) mass is 181 g/mol. The van der Waals surface area contributed by atoms with Crippen molar-refractivity contribution in [1.29, 1.82) is 0 Å². The summed E-state index contributed by atoms with van der Waals surface area (Å²) in [6, 6.07) is 0. The van der Waals surface area contributed by atoms with Crippen molar-refractivity contribution in [2.75, 3.05) is 20.2 Å². The van der Waals surface area contributed by atoms with Crippen LogP contribution in [0.25, 0.3) is 0 Å². The van der Waals surface area contributed by atoms with Gasteiger partial charge in [0, 0.05) is 12.7 Å². The maximum atomic E-state index is 11.4. The predicted molar refractivity (Wildman–Crippen MR) is 44.8 cm³/mol. The highest BCUT2D eigenvalue weighted by atomic mass is 16.5. The van der Waals surface area contributed by atoms with Gasteiger partial charge in [-0.2, -0.15) is 0 Å². The summed E-state index contributed by atoms with van der Waals surface area (Å²) >= 11 is 0. The first-order valence-electron chi connectivity index (χ1n) is 4.29. The average molecular weight is 181 g/mol. The van der Waals surface area contributed by atoms with Crippen LogP contribution in [0.4, 0.5) is 0 Å². The third-order valence-electron chi connectivity index (χ3n) is 2.57. The van der Waals surface area contributed by atoms with Crippen LogP contribution >= 0.6 is 0 Å². The molecule has 0 aromatic heterocycles. The molecule has 4 heteroatoms. The van der Waals surface area contributed by atoms with Crippen LogP contribution in [0.5, 0.6) is 0 Å². The van der Waals surface area contributed by atoms with Crippen LogP contribution in [0.1, 0.15) is 6.42 Å². The maximum absolute atomic E-state index is 11.4. The first-order chi connectivity index (χ1) is 6.22. The molecule has 13 heavy (non-hydrogen) atoms. The molecule has 3 aliphatic rings. The Hall–Kier alpha value is -1.32. The van der Waals surface area contributed by atoms with Gasteiger partial charge in [0.2, 0.25) is 0 Å². The molecule has 0 aromatic rings. The molecule has 0 N–H and O–H groups in total. The van der Waals surface area contributed by atoms with E-state index in [0.717, 1.165) is 13.0 Å². The van der Waals surface area contributed by atoms with Gasteiger partial charge in [0.05, 0.1) is 25.1 Å². The normalized spacial score (nSPS) is 25.9. The average Bonchev–Trinajstić information content (AvgIpc) is 2.17. The number of piperidine rings is 1. The molecular weight excluding hydrogens is 170 g/mol. The molecule has 70 valence electrons. The number of hydrogen-bond acceptors (Lipinski definition) is 4. The molecule has 1 fully saturated rings. The molecule has 0 spiro atoms. The Morgan fingerprint density at radius 2 is 2.46 bits per heavy atom. The van der Waals surface area contributed by atoms with Gasteiger partial charge in [-0.25, -0.2) is 4.79 Å². The number of nitrogens with zero attached hydrogens (tertiary/aromatic N) is 1. The van der Waals surface area contributed by atoms with Crippen molar-refractivity contribution < 1.29 is 14.3 Å². The number of fused-ring (bicyclic) bond motifs is 2. The number of ketones is 1. The first-order valence-corrected chi connectivity index (χ1v) is 4.29. The van der Waals surface area contributed by atoms with E-state index in [1.54, 1.807) is 6.20 Å². The van der Waals surface area contributed by atoms with Gasteiger partial charge < -0.3 is 9.64 Å². The Kier molecular flexibility index (Phi) is 1.83. The Bertz CT molecular complexity index is 295. The van der Waals surface area contributed by atoms with Gasteiger partial charge in [-0.05, 0) is 6.42 Å².